The Kier molecular flexibility index (Phi) is 3.25. The van der Waals surface area contributed by atoms with E-state index in [9.17, 15) is 0 Å². The number of nitriles is 1. The van der Waals surface area contributed by atoms with Crippen LogP contribution < -0.4 is 9.47 Å². The van der Waals surface area contributed by atoms with E-state index in [4.69, 9.17) is 14.7 Å². The summed E-state index contributed by atoms with van der Waals surface area (Å²) in [6.45, 7) is 1.16. The molecule has 1 aliphatic rings. The number of ether oxygens (including phenoxy) is 2. The van der Waals surface area contributed by atoms with Gasteiger partial charge >= 0.3 is 0 Å². The molecular weight excluding hydrogens is 260 g/mol. The van der Waals surface area contributed by atoms with E-state index in [0.717, 1.165) is 21.4 Å². The molecule has 19 heavy (non-hydrogen) atoms. The van der Waals surface area contributed by atoms with Gasteiger partial charge in [-0.05, 0) is 30.3 Å². The van der Waals surface area contributed by atoms with E-state index in [1.54, 1.807) is 18.3 Å². The molecule has 4 nitrogen and oxygen atoms in total. The van der Waals surface area contributed by atoms with Crippen LogP contribution >= 0.6 is 11.8 Å². The normalized spacial score (nSPS) is 12.8. The smallest absolute Gasteiger partial charge is 0.162 e. The maximum absolute atomic E-state index is 8.86. The van der Waals surface area contributed by atoms with E-state index in [-0.39, 0.29) is 0 Å². The van der Waals surface area contributed by atoms with Crippen molar-refractivity contribution in [3.63, 3.8) is 0 Å². The molecule has 0 bridgehead atoms. The molecule has 0 N–H and O–H groups in total. The van der Waals surface area contributed by atoms with Crippen LogP contribution in [0.15, 0.2) is 46.5 Å². The van der Waals surface area contributed by atoms with Crippen molar-refractivity contribution < 1.29 is 9.47 Å². The lowest BCUT2D eigenvalue weighted by atomic mass is 10.3. The Morgan fingerprint density at radius 2 is 1.95 bits per heavy atom. The maximum Gasteiger partial charge on any atom is 0.162 e. The zero-order valence-electron chi connectivity index (χ0n) is 10.00. The molecule has 2 aromatic rings. The molecule has 0 saturated heterocycles. The third kappa shape index (κ3) is 2.64. The number of hydrogen-bond acceptors (Lipinski definition) is 5. The molecule has 0 fully saturated rings. The third-order valence-corrected chi connectivity index (χ3v) is 3.52. The fourth-order valence-corrected chi connectivity index (χ4v) is 2.59. The van der Waals surface area contributed by atoms with Gasteiger partial charge in [-0.15, -0.1) is 0 Å². The largest absolute Gasteiger partial charge is 0.486 e. The number of fused-ring (bicyclic) bond motifs is 1. The van der Waals surface area contributed by atoms with E-state index >= 15 is 0 Å². The first-order valence-corrected chi connectivity index (χ1v) is 6.60. The molecule has 0 unspecified atom stereocenters. The fourth-order valence-electron chi connectivity index (χ4n) is 1.74. The van der Waals surface area contributed by atoms with Crippen LogP contribution in [0.25, 0.3) is 0 Å². The molecule has 0 saturated carbocycles. The van der Waals surface area contributed by atoms with E-state index in [2.05, 4.69) is 11.1 Å². The molecule has 94 valence electrons. The molecule has 0 atom stereocenters. The first-order valence-electron chi connectivity index (χ1n) is 5.79. The number of nitrogens with zero attached hydrogens (tertiary/aromatic N) is 2. The second-order valence-corrected chi connectivity index (χ2v) is 5.00. The van der Waals surface area contributed by atoms with E-state index in [1.807, 2.05) is 18.2 Å². The highest BCUT2D eigenvalue weighted by Gasteiger charge is 2.12. The van der Waals surface area contributed by atoms with Gasteiger partial charge in [0.05, 0.1) is 11.6 Å². The number of rotatable bonds is 2. The number of hydrogen-bond donors (Lipinski definition) is 0. The summed E-state index contributed by atoms with van der Waals surface area (Å²) in [6.07, 6.45) is 1.64. The Hall–Kier alpha value is -2.19. The predicted octanol–water partition coefficient (Wildman–Crippen LogP) is 2.88. The van der Waals surface area contributed by atoms with Crippen molar-refractivity contribution in [2.24, 2.45) is 0 Å². The van der Waals surface area contributed by atoms with Crippen LogP contribution in [-0.2, 0) is 0 Å². The highest BCUT2D eigenvalue weighted by atomic mass is 32.2. The quantitative estimate of drug-likeness (QED) is 0.839. The van der Waals surface area contributed by atoms with Gasteiger partial charge < -0.3 is 9.47 Å². The number of benzene rings is 1. The Morgan fingerprint density at radius 1 is 1.11 bits per heavy atom. The van der Waals surface area contributed by atoms with Gasteiger partial charge in [-0.3, -0.25) is 0 Å². The molecular formula is C14H10N2O2S. The van der Waals surface area contributed by atoms with E-state index in [0.29, 0.717) is 18.8 Å². The highest BCUT2D eigenvalue weighted by molar-refractivity contribution is 7.99. The van der Waals surface area contributed by atoms with Crippen molar-refractivity contribution in [1.82, 2.24) is 4.98 Å². The van der Waals surface area contributed by atoms with Crippen molar-refractivity contribution in [3.05, 3.63) is 42.1 Å². The third-order valence-electron chi connectivity index (χ3n) is 2.60. The van der Waals surface area contributed by atoms with Crippen molar-refractivity contribution >= 4 is 11.8 Å². The van der Waals surface area contributed by atoms with Gasteiger partial charge in [0.15, 0.2) is 11.5 Å². The lowest BCUT2D eigenvalue weighted by Crippen LogP contribution is -2.15. The van der Waals surface area contributed by atoms with Crippen LogP contribution in [-0.4, -0.2) is 18.2 Å². The summed E-state index contributed by atoms with van der Waals surface area (Å²) >= 11 is 1.49. The monoisotopic (exact) mass is 270 g/mol. The summed E-state index contributed by atoms with van der Waals surface area (Å²) in [6, 6.07) is 11.3. The molecule has 0 radical (unpaired) electrons. The first kappa shape index (κ1) is 11.9. The molecule has 5 heteroatoms. The fraction of sp³-hybridized carbons (Fsp3) is 0.143. The van der Waals surface area contributed by atoms with Gasteiger partial charge in [0.2, 0.25) is 0 Å². The minimum atomic E-state index is 0.573. The van der Waals surface area contributed by atoms with Crippen LogP contribution in [0.4, 0.5) is 0 Å². The van der Waals surface area contributed by atoms with Crippen LogP contribution in [0.2, 0.25) is 0 Å². The Morgan fingerprint density at radius 3 is 2.79 bits per heavy atom. The van der Waals surface area contributed by atoms with Gasteiger partial charge in [-0.25, -0.2) is 4.98 Å². The van der Waals surface area contributed by atoms with Crippen molar-refractivity contribution in [3.8, 4) is 17.6 Å². The standard InChI is InChI=1S/C14H10N2O2S/c15-9-10-3-4-16-14(7-10)19-11-1-2-12-13(8-11)18-6-5-17-12/h1-4,7-8H,5-6H2. The topological polar surface area (TPSA) is 55.1 Å². The Bertz CT molecular complexity index is 652. The Labute approximate surface area is 115 Å². The first-order chi connectivity index (χ1) is 9.35. The summed E-state index contributed by atoms with van der Waals surface area (Å²) in [4.78, 5) is 5.24. The van der Waals surface area contributed by atoms with Crippen molar-refractivity contribution in [2.75, 3.05) is 13.2 Å². The summed E-state index contributed by atoms with van der Waals surface area (Å²) in [5.41, 5.74) is 0.607. The van der Waals surface area contributed by atoms with Crippen molar-refractivity contribution in [1.29, 1.82) is 5.26 Å². The SMILES string of the molecule is N#Cc1ccnc(Sc2ccc3c(c2)OCCO3)c1. The Balaban J connectivity index is 1.85. The van der Waals surface area contributed by atoms with Gasteiger partial charge in [0, 0.05) is 11.1 Å². The zero-order chi connectivity index (χ0) is 13.1. The zero-order valence-corrected chi connectivity index (χ0v) is 10.8. The second kappa shape index (κ2) is 5.21. The average Bonchev–Trinajstić information content (AvgIpc) is 2.47. The van der Waals surface area contributed by atoms with Crippen LogP contribution in [0.1, 0.15) is 5.56 Å². The summed E-state index contributed by atoms with van der Waals surface area (Å²) < 4.78 is 11.0. The molecule has 2 heterocycles. The summed E-state index contributed by atoms with van der Waals surface area (Å²) in [5, 5.41) is 9.65. The lowest BCUT2D eigenvalue weighted by molar-refractivity contribution is 0.171. The minimum absolute atomic E-state index is 0.573. The molecule has 0 amide bonds. The second-order valence-electron chi connectivity index (χ2n) is 3.90. The number of aromatic nitrogens is 1. The predicted molar refractivity (Wildman–Crippen MR) is 70.5 cm³/mol. The summed E-state index contributed by atoms with van der Waals surface area (Å²) in [5.74, 6) is 1.53. The van der Waals surface area contributed by atoms with E-state index < -0.39 is 0 Å². The summed E-state index contributed by atoms with van der Waals surface area (Å²) in [7, 11) is 0. The minimum Gasteiger partial charge on any atom is -0.486 e. The molecule has 0 aliphatic carbocycles. The highest BCUT2D eigenvalue weighted by Crippen LogP contribution is 2.36. The molecule has 0 spiro atoms. The van der Waals surface area contributed by atoms with Gasteiger partial charge in [0.1, 0.15) is 18.2 Å². The van der Waals surface area contributed by atoms with Crippen molar-refractivity contribution in [2.45, 2.75) is 9.92 Å². The maximum atomic E-state index is 8.86. The molecule has 1 aromatic heterocycles. The van der Waals surface area contributed by atoms with Gasteiger partial charge in [-0.2, -0.15) is 5.26 Å². The van der Waals surface area contributed by atoms with E-state index in [1.165, 1.54) is 11.8 Å². The average molecular weight is 270 g/mol. The molecule has 1 aromatic carbocycles. The van der Waals surface area contributed by atoms with Crippen LogP contribution in [0.3, 0.4) is 0 Å². The van der Waals surface area contributed by atoms with Gasteiger partial charge in [0.25, 0.3) is 0 Å². The van der Waals surface area contributed by atoms with Gasteiger partial charge in [-0.1, -0.05) is 11.8 Å². The lowest BCUT2D eigenvalue weighted by Gasteiger charge is -2.18. The molecule has 1 aliphatic heterocycles. The van der Waals surface area contributed by atoms with Crippen LogP contribution in [0, 0.1) is 11.3 Å². The number of pyridine rings is 1. The molecule has 3 rings (SSSR count). The van der Waals surface area contributed by atoms with Crippen LogP contribution in [0.5, 0.6) is 11.5 Å².